The van der Waals surface area contributed by atoms with Crippen LogP contribution in [0.2, 0.25) is 0 Å². The number of aliphatic hydroxyl groups is 1. The van der Waals surface area contributed by atoms with E-state index in [-0.39, 0.29) is 0 Å². The molecule has 0 amide bonds. The minimum Gasteiger partial charge on any atom is -0.388 e. The van der Waals surface area contributed by atoms with Crippen molar-refractivity contribution in [2.24, 2.45) is 0 Å². The molecule has 0 saturated carbocycles. The summed E-state index contributed by atoms with van der Waals surface area (Å²) in [4.78, 5) is 30.3. The van der Waals surface area contributed by atoms with Crippen molar-refractivity contribution >= 4 is 15.6 Å². The third-order valence-corrected chi connectivity index (χ3v) is 5.35. The lowest BCUT2D eigenvalue weighted by molar-refractivity contribution is 0.167. The standard InChI is InChI=1S/C8H11NO6P2/c10-7(6-2-1-3-9-5-6)4-8(16(11)12)17(13,14)15/h1-3,5,7-8,10H,4H2,(H2-,11,12,13,14,15)/p+1. The predicted octanol–water partition coefficient (Wildman–Crippen LogP) is 0.744. The van der Waals surface area contributed by atoms with Gasteiger partial charge in [0, 0.05) is 18.8 Å². The lowest BCUT2D eigenvalue weighted by atomic mass is 10.1. The molecule has 0 aliphatic rings. The van der Waals surface area contributed by atoms with Crippen molar-refractivity contribution in [3.63, 3.8) is 0 Å². The monoisotopic (exact) mass is 280 g/mol. The summed E-state index contributed by atoms with van der Waals surface area (Å²) in [6, 6.07) is 3.06. The van der Waals surface area contributed by atoms with Crippen molar-refractivity contribution in [3.8, 4) is 0 Å². The minimum absolute atomic E-state index is 0.336. The van der Waals surface area contributed by atoms with Crippen LogP contribution in [0.4, 0.5) is 0 Å². The van der Waals surface area contributed by atoms with Gasteiger partial charge in [-0.2, -0.15) is 4.89 Å². The van der Waals surface area contributed by atoms with E-state index >= 15 is 0 Å². The Labute approximate surface area is 98.2 Å². The molecule has 0 bridgehead atoms. The first-order chi connectivity index (χ1) is 7.82. The molecule has 0 radical (unpaired) electrons. The van der Waals surface area contributed by atoms with E-state index in [1.807, 2.05) is 0 Å². The van der Waals surface area contributed by atoms with E-state index in [1.165, 1.54) is 18.5 Å². The normalized spacial score (nSPS) is 16.4. The van der Waals surface area contributed by atoms with Gasteiger partial charge < -0.3 is 14.9 Å². The van der Waals surface area contributed by atoms with Gasteiger partial charge in [0.15, 0.2) is 0 Å². The zero-order valence-corrected chi connectivity index (χ0v) is 10.4. The minimum atomic E-state index is -4.72. The molecule has 7 nitrogen and oxygen atoms in total. The van der Waals surface area contributed by atoms with Crippen LogP contribution >= 0.6 is 15.6 Å². The molecular weight excluding hydrogens is 268 g/mol. The van der Waals surface area contributed by atoms with Crippen molar-refractivity contribution < 1.29 is 28.9 Å². The molecule has 0 saturated heterocycles. The highest BCUT2D eigenvalue weighted by Gasteiger charge is 2.46. The molecular formula is C8H12NO6P2+. The molecule has 0 spiro atoms. The molecule has 17 heavy (non-hydrogen) atoms. The fourth-order valence-corrected chi connectivity index (χ4v) is 3.15. The first-order valence-corrected chi connectivity index (χ1v) is 7.57. The average molecular weight is 280 g/mol. The zero-order valence-electron chi connectivity index (χ0n) is 8.62. The van der Waals surface area contributed by atoms with Crippen LogP contribution in [0.3, 0.4) is 0 Å². The second-order valence-electron chi connectivity index (χ2n) is 3.41. The molecule has 4 N–H and O–H groups in total. The van der Waals surface area contributed by atoms with Crippen LogP contribution in [0.5, 0.6) is 0 Å². The maximum Gasteiger partial charge on any atom is 0.521 e. The van der Waals surface area contributed by atoms with Crippen LogP contribution in [0, 0.1) is 0 Å². The van der Waals surface area contributed by atoms with E-state index in [1.54, 1.807) is 6.07 Å². The summed E-state index contributed by atoms with van der Waals surface area (Å²) in [7, 11) is -7.79. The number of hydrogen-bond acceptors (Lipinski definition) is 4. The summed E-state index contributed by atoms with van der Waals surface area (Å²) in [5.41, 5.74) is 0.336. The number of hydrogen-bond donors (Lipinski definition) is 4. The molecule has 3 unspecified atom stereocenters. The molecule has 1 aromatic rings. The average Bonchev–Trinajstić information content (AvgIpc) is 2.24. The molecule has 0 aliphatic carbocycles. The van der Waals surface area contributed by atoms with Gasteiger partial charge in [-0.15, -0.1) is 0 Å². The Balaban J connectivity index is 2.83. The fraction of sp³-hybridized carbons (Fsp3) is 0.375. The zero-order chi connectivity index (χ0) is 13.1. The molecule has 0 fully saturated rings. The Hall–Kier alpha value is -0.680. The van der Waals surface area contributed by atoms with Crippen molar-refractivity contribution in [2.45, 2.75) is 17.9 Å². The second-order valence-corrected chi connectivity index (χ2v) is 6.85. The van der Waals surface area contributed by atoms with Gasteiger partial charge >= 0.3 is 15.6 Å². The lowest BCUT2D eigenvalue weighted by Gasteiger charge is -2.12. The molecule has 1 rings (SSSR count). The first kappa shape index (κ1) is 14.4. The van der Waals surface area contributed by atoms with E-state index < -0.39 is 33.5 Å². The maximum atomic E-state index is 11.0. The fourth-order valence-electron chi connectivity index (χ4n) is 1.27. The molecule has 1 aromatic heterocycles. The lowest BCUT2D eigenvalue weighted by Crippen LogP contribution is -2.10. The van der Waals surface area contributed by atoms with Crippen molar-refractivity contribution in [1.82, 2.24) is 4.98 Å². The van der Waals surface area contributed by atoms with E-state index in [9.17, 15) is 14.2 Å². The van der Waals surface area contributed by atoms with Crippen LogP contribution in [0.15, 0.2) is 24.5 Å². The summed E-state index contributed by atoms with van der Waals surface area (Å²) in [6.45, 7) is 0. The van der Waals surface area contributed by atoms with Gasteiger partial charge in [-0.05, 0) is 16.2 Å². The topological polar surface area (TPSA) is 128 Å². The summed E-state index contributed by atoms with van der Waals surface area (Å²) in [5, 5.41) is 7.91. The molecule has 94 valence electrons. The number of aromatic nitrogens is 1. The van der Waals surface area contributed by atoms with Crippen LogP contribution in [0.25, 0.3) is 0 Å². The smallest absolute Gasteiger partial charge is 0.388 e. The Morgan fingerprint density at radius 2 is 2.12 bits per heavy atom. The van der Waals surface area contributed by atoms with E-state index in [0.29, 0.717) is 5.56 Å². The summed E-state index contributed by atoms with van der Waals surface area (Å²) in [5.74, 6) is 0. The van der Waals surface area contributed by atoms with Crippen LogP contribution < -0.4 is 0 Å². The Bertz CT molecular complexity index is 433. The number of rotatable bonds is 5. The van der Waals surface area contributed by atoms with Gasteiger partial charge in [-0.1, -0.05) is 6.07 Å². The molecule has 0 aliphatic heterocycles. The van der Waals surface area contributed by atoms with Crippen molar-refractivity contribution in [3.05, 3.63) is 30.1 Å². The van der Waals surface area contributed by atoms with Gasteiger partial charge in [0.25, 0.3) is 5.40 Å². The van der Waals surface area contributed by atoms with Crippen LogP contribution in [-0.2, 0) is 9.13 Å². The van der Waals surface area contributed by atoms with E-state index in [4.69, 9.17) is 14.7 Å². The molecule has 3 atom stereocenters. The summed E-state index contributed by atoms with van der Waals surface area (Å²) in [6.07, 6.45) is 1.06. The van der Waals surface area contributed by atoms with Crippen LogP contribution in [-0.4, -0.2) is 30.2 Å². The molecule has 1 heterocycles. The number of pyridine rings is 1. The number of nitrogens with zero attached hydrogens (tertiary/aromatic N) is 1. The Kier molecular flexibility index (Phi) is 4.89. The molecule has 0 aromatic carbocycles. The van der Waals surface area contributed by atoms with Gasteiger partial charge in [0.2, 0.25) is 0 Å². The Morgan fingerprint density at radius 1 is 1.47 bits per heavy atom. The van der Waals surface area contributed by atoms with Gasteiger partial charge in [-0.3, -0.25) is 9.55 Å². The summed E-state index contributed by atoms with van der Waals surface area (Å²) < 4.78 is 21.8. The predicted molar refractivity (Wildman–Crippen MR) is 59.5 cm³/mol. The van der Waals surface area contributed by atoms with Crippen molar-refractivity contribution in [1.29, 1.82) is 0 Å². The van der Waals surface area contributed by atoms with Gasteiger partial charge in [0.1, 0.15) is 0 Å². The first-order valence-electron chi connectivity index (χ1n) is 4.61. The number of aliphatic hydroxyl groups excluding tert-OH is 1. The Morgan fingerprint density at radius 3 is 2.53 bits per heavy atom. The van der Waals surface area contributed by atoms with E-state index in [0.717, 1.165) is 0 Å². The highest BCUT2D eigenvalue weighted by molar-refractivity contribution is 7.65. The third-order valence-electron chi connectivity index (χ3n) is 2.15. The highest BCUT2D eigenvalue weighted by atomic mass is 31.2. The maximum absolute atomic E-state index is 11.0. The summed E-state index contributed by atoms with van der Waals surface area (Å²) >= 11 is 0. The van der Waals surface area contributed by atoms with Gasteiger partial charge in [-0.25, -0.2) is 0 Å². The highest BCUT2D eigenvalue weighted by Crippen LogP contribution is 2.54. The third kappa shape index (κ3) is 4.24. The van der Waals surface area contributed by atoms with E-state index in [2.05, 4.69) is 4.98 Å². The van der Waals surface area contributed by atoms with Gasteiger partial charge in [0.05, 0.1) is 6.10 Å². The quantitative estimate of drug-likeness (QED) is 0.585. The SMILES string of the molecule is O=[P+](O)C(CC(O)c1cccnc1)P(=O)(O)O. The van der Waals surface area contributed by atoms with Crippen molar-refractivity contribution in [2.75, 3.05) is 0 Å². The largest absolute Gasteiger partial charge is 0.521 e. The second kappa shape index (κ2) is 5.78. The molecule has 9 heteroatoms. The van der Waals surface area contributed by atoms with Crippen LogP contribution in [0.1, 0.15) is 18.1 Å².